The van der Waals surface area contributed by atoms with Gasteiger partial charge in [-0.3, -0.25) is 14.9 Å². The van der Waals surface area contributed by atoms with E-state index in [4.69, 9.17) is 0 Å². The minimum absolute atomic E-state index is 0.294. The highest BCUT2D eigenvalue weighted by Crippen LogP contribution is 2.32. The number of fused-ring (bicyclic) bond motifs is 1. The predicted octanol–water partition coefficient (Wildman–Crippen LogP) is 1.39. The number of nitrogens with one attached hydrogen (secondary N) is 2. The molecule has 0 unspecified atom stereocenters. The van der Waals surface area contributed by atoms with Gasteiger partial charge in [-0.15, -0.1) is 0 Å². The molecule has 102 valence electrons. The van der Waals surface area contributed by atoms with E-state index in [2.05, 4.69) is 15.3 Å². The molecule has 0 saturated carbocycles. The standard InChI is InChI=1S/C15H10N4O2/c20-14-12(10-7-17-11-4-2-1-3-9(10)11)13(15(21)18-14)19-6-5-16-8-19/h1-8,17H,(H,18,20,21). The monoisotopic (exact) mass is 278 g/mol. The number of para-hydroxylation sites is 1. The fourth-order valence-corrected chi connectivity index (χ4v) is 2.61. The molecule has 2 aromatic heterocycles. The molecule has 21 heavy (non-hydrogen) atoms. The Labute approximate surface area is 119 Å². The van der Waals surface area contributed by atoms with Crippen molar-refractivity contribution in [2.75, 3.05) is 0 Å². The van der Waals surface area contributed by atoms with Gasteiger partial charge in [0.1, 0.15) is 5.70 Å². The van der Waals surface area contributed by atoms with Gasteiger partial charge in [-0.1, -0.05) is 18.2 Å². The first-order valence-electron chi connectivity index (χ1n) is 6.40. The van der Waals surface area contributed by atoms with E-state index in [1.165, 1.54) is 6.33 Å². The Hall–Kier alpha value is -3.15. The van der Waals surface area contributed by atoms with E-state index >= 15 is 0 Å². The van der Waals surface area contributed by atoms with Crippen molar-refractivity contribution in [3.63, 3.8) is 0 Å². The van der Waals surface area contributed by atoms with Crippen LogP contribution in [-0.2, 0) is 9.59 Å². The molecule has 1 aliphatic heterocycles. The number of carbonyl (C=O) groups is 2. The summed E-state index contributed by atoms with van der Waals surface area (Å²) in [5.74, 6) is -0.813. The molecule has 4 rings (SSSR count). The van der Waals surface area contributed by atoms with Crippen molar-refractivity contribution in [1.29, 1.82) is 0 Å². The molecule has 2 amide bonds. The minimum atomic E-state index is -0.418. The molecule has 1 aromatic carbocycles. The fourth-order valence-electron chi connectivity index (χ4n) is 2.61. The molecule has 6 nitrogen and oxygen atoms in total. The number of hydrogen-bond donors (Lipinski definition) is 2. The minimum Gasteiger partial charge on any atom is -0.361 e. The Morgan fingerprint density at radius 2 is 1.95 bits per heavy atom. The van der Waals surface area contributed by atoms with Gasteiger partial charge in [-0.05, 0) is 6.07 Å². The van der Waals surface area contributed by atoms with Gasteiger partial charge in [0.25, 0.3) is 11.8 Å². The highest BCUT2D eigenvalue weighted by atomic mass is 16.2. The molecule has 0 bridgehead atoms. The summed E-state index contributed by atoms with van der Waals surface area (Å²) in [6.45, 7) is 0. The largest absolute Gasteiger partial charge is 0.361 e. The van der Waals surface area contributed by atoms with Crippen LogP contribution < -0.4 is 5.32 Å². The van der Waals surface area contributed by atoms with E-state index in [1.807, 2.05) is 24.3 Å². The van der Waals surface area contributed by atoms with Crippen molar-refractivity contribution in [2.45, 2.75) is 0 Å². The Bertz CT molecular complexity index is 903. The van der Waals surface area contributed by atoms with Crippen LogP contribution in [0.3, 0.4) is 0 Å². The maximum Gasteiger partial charge on any atom is 0.275 e. The van der Waals surface area contributed by atoms with Gasteiger partial charge in [-0.25, -0.2) is 4.98 Å². The molecule has 3 aromatic rings. The summed E-state index contributed by atoms with van der Waals surface area (Å²) in [4.78, 5) is 31.3. The number of hydrogen-bond acceptors (Lipinski definition) is 3. The Morgan fingerprint density at radius 1 is 1.10 bits per heavy atom. The zero-order chi connectivity index (χ0) is 14.4. The number of rotatable bonds is 2. The van der Waals surface area contributed by atoms with E-state index in [1.54, 1.807) is 23.2 Å². The van der Waals surface area contributed by atoms with Crippen LogP contribution in [0.25, 0.3) is 22.2 Å². The first-order chi connectivity index (χ1) is 10.3. The lowest BCUT2D eigenvalue weighted by molar-refractivity contribution is -0.122. The number of nitrogens with zero attached hydrogens (tertiary/aromatic N) is 2. The van der Waals surface area contributed by atoms with E-state index < -0.39 is 11.8 Å². The van der Waals surface area contributed by atoms with E-state index in [0.717, 1.165) is 10.9 Å². The van der Waals surface area contributed by atoms with Gasteiger partial charge in [0, 0.05) is 35.1 Å². The molecule has 1 aliphatic rings. The van der Waals surface area contributed by atoms with Crippen molar-refractivity contribution < 1.29 is 9.59 Å². The summed E-state index contributed by atoms with van der Waals surface area (Å²) in [7, 11) is 0. The van der Waals surface area contributed by atoms with E-state index in [-0.39, 0.29) is 0 Å². The van der Waals surface area contributed by atoms with Crippen LogP contribution in [0.5, 0.6) is 0 Å². The zero-order valence-electron chi connectivity index (χ0n) is 10.8. The molecule has 0 saturated heterocycles. The predicted molar refractivity (Wildman–Crippen MR) is 76.8 cm³/mol. The molecule has 6 heteroatoms. The summed E-state index contributed by atoms with van der Waals surface area (Å²) in [5, 5.41) is 3.24. The lowest BCUT2D eigenvalue weighted by Gasteiger charge is -2.03. The summed E-state index contributed by atoms with van der Waals surface area (Å²) in [5.41, 5.74) is 2.27. The van der Waals surface area contributed by atoms with Crippen LogP contribution in [0.2, 0.25) is 0 Å². The van der Waals surface area contributed by atoms with Crippen LogP contribution in [-0.4, -0.2) is 26.3 Å². The average molecular weight is 278 g/mol. The topological polar surface area (TPSA) is 79.8 Å². The Balaban J connectivity index is 2.04. The molecule has 0 spiro atoms. The van der Waals surface area contributed by atoms with Crippen LogP contribution >= 0.6 is 0 Å². The van der Waals surface area contributed by atoms with Crippen molar-refractivity contribution in [3.05, 3.63) is 54.7 Å². The lowest BCUT2D eigenvalue weighted by Crippen LogP contribution is -2.23. The quantitative estimate of drug-likeness (QED) is 0.695. The maximum absolute atomic E-state index is 12.2. The normalized spacial score (nSPS) is 15.0. The number of amides is 2. The molecule has 0 radical (unpaired) electrons. The number of aromatic amines is 1. The van der Waals surface area contributed by atoms with Crippen molar-refractivity contribution >= 4 is 34.0 Å². The molecule has 2 N–H and O–H groups in total. The summed E-state index contributed by atoms with van der Waals surface area (Å²) < 4.78 is 1.55. The number of carbonyl (C=O) groups excluding carboxylic acids is 2. The van der Waals surface area contributed by atoms with Crippen molar-refractivity contribution in [3.8, 4) is 0 Å². The van der Waals surface area contributed by atoms with Crippen molar-refractivity contribution in [2.24, 2.45) is 0 Å². The highest BCUT2D eigenvalue weighted by molar-refractivity contribution is 6.47. The van der Waals surface area contributed by atoms with Crippen LogP contribution in [0, 0.1) is 0 Å². The highest BCUT2D eigenvalue weighted by Gasteiger charge is 2.33. The first kappa shape index (κ1) is 11.7. The first-order valence-corrected chi connectivity index (χ1v) is 6.40. The summed E-state index contributed by atoms with van der Waals surface area (Å²) >= 11 is 0. The molecular weight excluding hydrogens is 268 g/mol. The second kappa shape index (κ2) is 4.17. The fraction of sp³-hybridized carbons (Fsp3) is 0. The molecule has 3 heterocycles. The lowest BCUT2D eigenvalue weighted by atomic mass is 10.0. The third-order valence-corrected chi connectivity index (χ3v) is 3.53. The number of H-pyrrole nitrogens is 1. The second-order valence-electron chi connectivity index (χ2n) is 4.72. The van der Waals surface area contributed by atoms with Crippen LogP contribution in [0.1, 0.15) is 5.56 Å². The summed E-state index contributed by atoms with van der Waals surface area (Å²) in [6.07, 6.45) is 6.45. The van der Waals surface area contributed by atoms with Gasteiger partial charge in [0.2, 0.25) is 0 Å². The molecule has 0 aliphatic carbocycles. The third kappa shape index (κ3) is 1.62. The van der Waals surface area contributed by atoms with Gasteiger partial charge < -0.3 is 9.55 Å². The van der Waals surface area contributed by atoms with Gasteiger partial charge >= 0.3 is 0 Å². The maximum atomic E-state index is 12.2. The average Bonchev–Trinajstić information content (AvgIpc) is 3.17. The number of benzene rings is 1. The van der Waals surface area contributed by atoms with Gasteiger partial charge in [0.15, 0.2) is 0 Å². The van der Waals surface area contributed by atoms with Gasteiger partial charge in [-0.2, -0.15) is 0 Å². The second-order valence-corrected chi connectivity index (χ2v) is 4.72. The smallest absolute Gasteiger partial charge is 0.275 e. The van der Waals surface area contributed by atoms with Gasteiger partial charge in [0.05, 0.1) is 11.9 Å². The number of imidazole rings is 1. The molecular formula is C15H10N4O2. The van der Waals surface area contributed by atoms with Crippen LogP contribution in [0.4, 0.5) is 0 Å². The molecule has 0 fully saturated rings. The summed E-state index contributed by atoms with van der Waals surface area (Å²) in [6, 6.07) is 7.64. The zero-order valence-corrected chi connectivity index (χ0v) is 10.8. The third-order valence-electron chi connectivity index (χ3n) is 3.53. The Kier molecular flexibility index (Phi) is 2.32. The SMILES string of the molecule is O=C1NC(=O)C(n2ccnc2)=C1c1c[nH]c2ccccc12. The van der Waals surface area contributed by atoms with E-state index in [0.29, 0.717) is 16.8 Å². The Morgan fingerprint density at radius 3 is 2.76 bits per heavy atom. The van der Waals surface area contributed by atoms with Crippen LogP contribution in [0.15, 0.2) is 49.2 Å². The van der Waals surface area contributed by atoms with Crippen molar-refractivity contribution in [1.82, 2.24) is 19.9 Å². The van der Waals surface area contributed by atoms with E-state index in [9.17, 15) is 9.59 Å². The number of imide groups is 1. The number of aromatic nitrogens is 3. The molecule has 0 atom stereocenters.